The first kappa shape index (κ1) is 10.6. The molecule has 2 aromatic rings. The fraction of sp³-hybridized carbons (Fsp3) is 0.167. The molecule has 4 nitrogen and oxygen atoms in total. The first-order valence-electron chi connectivity index (χ1n) is 4.91. The van der Waals surface area contributed by atoms with Crippen LogP contribution in [0.4, 0.5) is 0 Å². The molecule has 0 aliphatic carbocycles. The van der Waals surface area contributed by atoms with Gasteiger partial charge in [-0.15, -0.1) is 10.2 Å². The zero-order valence-electron chi connectivity index (χ0n) is 8.92. The second-order valence-electron chi connectivity index (χ2n) is 3.32. The van der Waals surface area contributed by atoms with Gasteiger partial charge in [-0.25, -0.2) is 0 Å². The van der Waals surface area contributed by atoms with E-state index in [1.807, 2.05) is 30.3 Å². The van der Waals surface area contributed by atoms with Crippen LogP contribution in [0.2, 0.25) is 0 Å². The van der Waals surface area contributed by atoms with E-state index in [0.717, 1.165) is 16.8 Å². The third kappa shape index (κ3) is 2.17. The first-order valence-corrected chi connectivity index (χ1v) is 4.91. The molecule has 0 saturated heterocycles. The van der Waals surface area contributed by atoms with Gasteiger partial charge >= 0.3 is 0 Å². The Labute approximate surface area is 93.5 Å². The van der Waals surface area contributed by atoms with Gasteiger partial charge in [-0.2, -0.15) is 0 Å². The third-order valence-electron chi connectivity index (χ3n) is 2.28. The van der Waals surface area contributed by atoms with Crippen LogP contribution < -0.4 is 4.74 Å². The van der Waals surface area contributed by atoms with E-state index < -0.39 is 0 Å². The van der Waals surface area contributed by atoms with Crippen LogP contribution in [0, 0.1) is 0 Å². The molecule has 4 heteroatoms. The van der Waals surface area contributed by atoms with E-state index in [-0.39, 0.29) is 6.61 Å². The van der Waals surface area contributed by atoms with E-state index in [1.54, 1.807) is 13.2 Å². The van der Waals surface area contributed by atoms with E-state index >= 15 is 0 Å². The smallest absolute Gasteiger partial charge is 0.233 e. The Hall–Kier alpha value is -1.94. The lowest BCUT2D eigenvalue weighted by atomic mass is 10.1. The number of nitrogens with zero attached hydrogens (tertiary/aromatic N) is 2. The number of rotatable bonds is 3. The number of aliphatic hydroxyl groups is 1. The maximum Gasteiger partial charge on any atom is 0.233 e. The molecule has 1 N–H and O–H groups in total. The number of benzene rings is 1. The van der Waals surface area contributed by atoms with Crippen LogP contribution in [0.5, 0.6) is 5.88 Å². The van der Waals surface area contributed by atoms with Gasteiger partial charge in [0.1, 0.15) is 0 Å². The maximum atomic E-state index is 8.92. The number of aliphatic hydroxyl groups excluding tert-OH is 1. The van der Waals surface area contributed by atoms with Crippen LogP contribution in [0.3, 0.4) is 0 Å². The Bertz CT molecular complexity index is 406. The Kier molecular flexibility index (Phi) is 3.12. The molecule has 16 heavy (non-hydrogen) atoms. The van der Waals surface area contributed by atoms with E-state index in [9.17, 15) is 0 Å². The minimum atomic E-state index is 0.0502. The quantitative estimate of drug-likeness (QED) is 0.847. The zero-order chi connectivity index (χ0) is 11.4. The average molecular weight is 216 g/mol. The van der Waals surface area contributed by atoms with E-state index in [4.69, 9.17) is 9.84 Å². The van der Waals surface area contributed by atoms with E-state index in [0.29, 0.717) is 5.88 Å². The van der Waals surface area contributed by atoms with Crippen molar-refractivity contribution in [3.63, 3.8) is 0 Å². The van der Waals surface area contributed by atoms with Gasteiger partial charge in [-0.05, 0) is 11.6 Å². The lowest BCUT2D eigenvalue weighted by Crippen LogP contribution is -1.92. The van der Waals surface area contributed by atoms with Crippen molar-refractivity contribution >= 4 is 0 Å². The van der Waals surface area contributed by atoms with Crippen LogP contribution in [0.25, 0.3) is 11.3 Å². The molecule has 0 unspecified atom stereocenters. The van der Waals surface area contributed by atoms with Crippen molar-refractivity contribution in [2.24, 2.45) is 0 Å². The summed E-state index contributed by atoms with van der Waals surface area (Å²) < 4.78 is 4.93. The number of ether oxygens (including phenoxy) is 1. The minimum absolute atomic E-state index is 0.0502. The predicted octanol–water partition coefficient (Wildman–Crippen LogP) is 1.64. The zero-order valence-corrected chi connectivity index (χ0v) is 8.92. The summed E-state index contributed by atoms with van der Waals surface area (Å²) in [5.41, 5.74) is 2.63. The highest BCUT2D eigenvalue weighted by atomic mass is 16.5. The number of hydrogen-bond donors (Lipinski definition) is 1. The Morgan fingerprint density at radius 1 is 1.06 bits per heavy atom. The highest BCUT2D eigenvalue weighted by Crippen LogP contribution is 2.18. The van der Waals surface area contributed by atoms with Crippen LogP contribution >= 0.6 is 0 Å². The minimum Gasteiger partial charge on any atom is -0.480 e. The van der Waals surface area contributed by atoms with Gasteiger partial charge < -0.3 is 9.84 Å². The maximum absolute atomic E-state index is 8.92. The summed E-state index contributed by atoms with van der Waals surface area (Å²) in [7, 11) is 1.56. The number of hydrogen-bond acceptors (Lipinski definition) is 4. The summed E-state index contributed by atoms with van der Waals surface area (Å²) in [5.74, 6) is 0.496. The van der Waals surface area contributed by atoms with E-state index in [1.165, 1.54) is 0 Å². The van der Waals surface area contributed by atoms with Crippen LogP contribution in [-0.2, 0) is 6.61 Å². The van der Waals surface area contributed by atoms with E-state index in [2.05, 4.69) is 10.2 Å². The molecular formula is C12H12N2O2. The summed E-state index contributed by atoms with van der Waals surface area (Å²) in [5, 5.41) is 16.9. The van der Waals surface area contributed by atoms with Gasteiger partial charge in [0.25, 0.3) is 0 Å². The summed E-state index contributed by atoms with van der Waals surface area (Å²) in [6.07, 6.45) is 0. The summed E-state index contributed by atoms with van der Waals surface area (Å²) in [4.78, 5) is 0. The molecule has 0 atom stereocenters. The Morgan fingerprint density at radius 3 is 2.31 bits per heavy atom. The molecule has 1 heterocycles. The van der Waals surface area contributed by atoms with Gasteiger partial charge in [0.05, 0.1) is 19.4 Å². The molecule has 0 spiro atoms. The van der Waals surface area contributed by atoms with Gasteiger partial charge in [-0.3, -0.25) is 0 Å². The normalized spacial score (nSPS) is 10.1. The Morgan fingerprint density at radius 2 is 1.81 bits per heavy atom. The van der Waals surface area contributed by atoms with Crippen molar-refractivity contribution in [3.05, 3.63) is 42.0 Å². The molecule has 1 aromatic carbocycles. The summed E-state index contributed by atoms with van der Waals surface area (Å²) >= 11 is 0. The topological polar surface area (TPSA) is 55.2 Å². The van der Waals surface area contributed by atoms with Crippen LogP contribution in [-0.4, -0.2) is 22.4 Å². The first-order chi connectivity index (χ1) is 7.83. The summed E-state index contributed by atoms with van der Waals surface area (Å²) in [6, 6.07) is 11.1. The van der Waals surface area contributed by atoms with Crippen LogP contribution in [0.15, 0.2) is 36.4 Å². The monoisotopic (exact) mass is 216 g/mol. The standard InChI is InChI=1S/C12H12N2O2/c1-16-12-7-6-11(13-14-12)10-4-2-9(8-15)3-5-10/h2-7,15H,8H2,1H3. The molecule has 0 fully saturated rings. The second kappa shape index (κ2) is 4.72. The summed E-state index contributed by atoms with van der Waals surface area (Å²) in [6.45, 7) is 0.0502. The highest BCUT2D eigenvalue weighted by Gasteiger charge is 2.00. The molecule has 0 aliphatic rings. The lowest BCUT2D eigenvalue weighted by molar-refractivity contribution is 0.282. The third-order valence-corrected chi connectivity index (χ3v) is 2.28. The molecule has 82 valence electrons. The van der Waals surface area contributed by atoms with Gasteiger partial charge in [-0.1, -0.05) is 24.3 Å². The molecule has 0 radical (unpaired) electrons. The number of aromatic nitrogens is 2. The van der Waals surface area contributed by atoms with Crippen molar-refractivity contribution in [2.45, 2.75) is 6.61 Å². The molecule has 2 rings (SSSR count). The largest absolute Gasteiger partial charge is 0.480 e. The molecular weight excluding hydrogens is 204 g/mol. The molecule has 0 aliphatic heterocycles. The molecule has 1 aromatic heterocycles. The second-order valence-corrected chi connectivity index (χ2v) is 3.32. The molecule has 0 amide bonds. The fourth-order valence-electron chi connectivity index (χ4n) is 1.36. The van der Waals surface area contributed by atoms with Gasteiger partial charge in [0, 0.05) is 11.6 Å². The number of methoxy groups -OCH3 is 1. The van der Waals surface area contributed by atoms with Gasteiger partial charge in [0.15, 0.2) is 0 Å². The molecule has 0 bridgehead atoms. The lowest BCUT2D eigenvalue weighted by Gasteiger charge is -2.02. The fourth-order valence-corrected chi connectivity index (χ4v) is 1.36. The predicted molar refractivity (Wildman–Crippen MR) is 59.9 cm³/mol. The van der Waals surface area contributed by atoms with Crippen molar-refractivity contribution in [2.75, 3.05) is 7.11 Å². The van der Waals surface area contributed by atoms with Crippen LogP contribution in [0.1, 0.15) is 5.56 Å². The SMILES string of the molecule is COc1ccc(-c2ccc(CO)cc2)nn1. The average Bonchev–Trinajstić information content (AvgIpc) is 2.39. The van der Waals surface area contributed by atoms with Crippen molar-refractivity contribution in [1.29, 1.82) is 0 Å². The van der Waals surface area contributed by atoms with Crippen molar-refractivity contribution in [3.8, 4) is 17.1 Å². The van der Waals surface area contributed by atoms with Crippen molar-refractivity contribution in [1.82, 2.24) is 10.2 Å². The van der Waals surface area contributed by atoms with Gasteiger partial charge in [0.2, 0.25) is 5.88 Å². The Balaban J connectivity index is 2.28. The molecule has 0 saturated carbocycles. The van der Waals surface area contributed by atoms with Crippen molar-refractivity contribution < 1.29 is 9.84 Å². The highest BCUT2D eigenvalue weighted by molar-refractivity contribution is 5.58.